The van der Waals surface area contributed by atoms with Crippen LogP contribution in [0.2, 0.25) is 0 Å². The van der Waals surface area contributed by atoms with Gasteiger partial charge >= 0.3 is 0 Å². The largest absolute Gasteiger partial charge is 0.0654 e. The van der Waals surface area contributed by atoms with Gasteiger partial charge in [0.2, 0.25) is 0 Å². The summed E-state index contributed by atoms with van der Waals surface area (Å²) in [6, 6.07) is 0. The molecule has 0 saturated heterocycles. The lowest BCUT2D eigenvalue weighted by Crippen LogP contribution is -2.17. The van der Waals surface area contributed by atoms with Crippen LogP contribution in [0.25, 0.3) is 0 Å². The van der Waals surface area contributed by atoms with Gasteiger partial charge in [-0.05, 0) is 17.8 Å². The van der Waals surface area contributed by atoms with E-state index in [1.807, 2.05) is 0 Å². The molecule has 0 heteroatoms. The second-order valence-electron chi connectivity index (χ2n) is 8.16. The second kappa shape index (κ2) is 13.4. The standard InChI is InChI=1S/C15H30.C7H14/c1-3-5-6-8-11-14(4-2)15-12-9-7-10-13-15;1-7-5-3-2-4-6-7/h14-15H,3-13H2,1-2H3;7H,2-6H2,1H3. The lowest BCUT2D eigenvalue weighted by molar-refractivity contribution is 0.225. The molecule has 0 nitrogen and oxygen atoms in total. The molecule has 2 aliphatic rings. The van der Waals surface area contributed by atoms with Crippen LogP contribution in [0.3, 0.4) is 0 Å². The topological polar surface area (TPSA) is 0 Å². The molecule has 0 aromatic rings. The summed E-state index contributed by atoms with van der Waals surface area (Å²) >= 11 is 0. The lowest BCUT2D eigenvalue weighted by atomic mass is 9.76. The average molecular weight is 309 g/mol. The Morgan fingerprint density at radius 3 is 1.77 bits per heavy atom. The van der Waals surface area contributed by atoms with Crippen molar-refractivity contribution in [2.45, 2.75) is 124 Å². The van der Waals surface area contributed by atoms with Crippen LogP contribution in [0.4, 0.5) is 0 Å². The molecule has 132 valence electrons. The van der Waals surface area contributed by atoms with E-state index in [2.05, 4.69) is 20.8 Å². The molecule has 2 aliphatic carbocycles. The average Bonchev–Trinajstić information content (AvgIpc) is 2.57. The van der Waals surface area contributed by atoms with Crippen LogP contribution in [-0.2, 0) is 0 Å². The fraction of sp³-hybridized carbons (Fsp3) is 1.00. The summed E-state index contributed by atoms with van der Waals surface area (Å²) in [5.41, 5.74) is 0. The summed E-state index contributed by atoms with van der Waals surface area (Å²) in [6.07, 6.45) is 23.8. The van der Waals surface area contributed by atoms with Gasteiger partial charge in [-0.1, -0.05) is 124 Å². The van der Waals surface area contributed by atoms with E-state index in [-0.39, 0.29) is 0 Å². The van der Waals surface area contributed by atoms with Crippen LogP contribution < -0.4 is 0 Å². The molecular weight excluding hydrogens is 264 g/mol. The Hall–Kier alpha value is 0. The van der Waals surface area contributed by atoms with Crippen molar-refractivity contribution in [3.63, 3.8) is 0 Å². The quantitative estimate of drug-likeness (QED) is 0.416. The van der Waals surface area contributed by atoms with Crippen molar-refractivity contribution >= 4 is 0 Å². The summed E-state index contributed by atoms with van der Waals surface area (Å²) in [6.45, 7) is 7.07. The maximum atomic E-state index is 2.40. The first kappa shape index (κ1) is 20.0. The van der Waals surface area contributed by atoms with Gasteiger partial charge in [0.15, 0.2) is 0 Å². The third-order valence-electron chi connectivity index (χ3n) is 6.16. The van der Waals surface area contributed by atoms with Gasteiger partial charge in [-0.15, -0.1) is 0 Å². The first-order chi connectivity index (χ1) is 10.8. The van der Waals surface area contributed by atoms with Crippen LogP contribution in [0.15, 0.2) is 0 Å². The minimum atomic E-state index is 1.04. The Balaban J connectivity index is 0.000000287. The van der Waals surface area contributed by atoms with Gasteiger partial charge in [0, 0.05) is 0 Å². The molecule has 2 rings (SSSR count). The van der Waals surface area contributed by atoms with Gasteiger partial charge < -0.3 is 0 Å². The third kappa shape index (κ3) is 9.21. The van der Waals surface area contributed by atoms with E-state index in [1.54, 1.807) is 0 Å². The van der Waals surface area contributed by atoms with Crippen molar-refractivity contribution in [1.82, 2.24) is 0 Å². The molecule has 2 fully saturated rings. The normalized spacial score (nSPS) is 22.0. The molecule has 0 bridgehead atoms. The van der Waals surface area contributed by atoms with Gasteiger partial charge in [-0.25, -0.2) is 0 Å². The Morgan fingerprint density at radius 1 is 0.727 bits per heavy atom. The minimum Gasteiger partial charge on any atom is -0.0654 e. The zero-order valence-corrected chi connectivity index (χ0v) is 16.0. The molecule has 0 aromatic heterocycles. The van der Waals surface area contributed by atoms with E-state index in [0.29, 0.717) is 0 Å². The van der Waals surface area contributed by atoms with Gasteiger partial charge in [-0.3, -0.25) is 0 Å². The fourth-order valence-corrected chi connectivity index (χ4v) is 4.52. The molecule has 0 radical (unpaired) electrons. The molecule has 22 heavy (non-hydrogen) atoms. The summed E-state index contributed by atoms with van der Waals surface area (Å²) in [5.74, 6) is 3.18. The molecule has 0 aromatic carbocycles. The second-order valence-corrected chi connectivity index (χ2v) is 8.16. The highest BCUT2D eigenvalue weighted by atomic mass is 14.3. The smallest absolute Gasteiger partial charge is 0.0386 e. The number of hydrogen-bond acceptors (Lipinski definition) is 0. The van der Waals surface area contributed by atoms with Crippen molar-refractivity contribution < 1.29 is 0 Å². The van der Waals surface area contributed by atoms with Gasteiger partial charge in [0.1, 0.15) is 0 Å². The third-order valence-corrected chi connectivity index (χ3v) is 6.16. The van der Waals surface area contributed by atoms with Crippen molar-refractivity contribution in [1.29, 1.82) is 0 Å². The molecule has 1 unspecified atom stereocenters. The van der Waals surface area contributed by atoms with Crippen molar-refractivity contribution in [3.8, 4) is 0 Å². The fourth-order valence-electron chi connectivity index (χ4n) is 4.52. The SMILES string of the molecule is CC1CCCCC1.CCCCCCC(CC)C1CCCCC1. The van der Waals surface area contributed by atoms with Crippen LogP contribution in [0.1, 0.15) is 124 Å². The van der Waals surface area contributed by atoms with Gasteiger partial charge in [0.25, 0.3) is 0 Å². The first-order valence-corrected chi connectivity index (χ1v) is 10.8. The molecule has 0 heterocycles. The molecule has 0 N–H and O–H groups in total. The van der Waals surface area contributed by atoms with Crippen LogP contribution in [0.5, 0.6) is 0 Å². The minimum absolute atomic E-state index is 1.04. The molecular formula is C22H44. The lowest BCUT2D eigenvalue weighted by Gasteiger charge is -2.29. The van der Waals surface area contributed by atoms with E-state index in [4.69, 9.17) is 0 Å². The zero-order valence-electron chi connectivity index (χ0n) is 16.0. The van der Waals surface area contributed by atoms with Crippen molar-refractivity contribution in [3.05, 3.63) is 0 Å². The molecule has 2 saturated carbocycles. The number of unbranched alkanes of at least 4 members (excludes halogenated alkanes) is 3. The molecule has 1 atom stereocenters. The van der Waals surface area contributed by atoms with Gasteiger partial charge in [-0.2, -0.15) is 0 Å². The summed E-state index contributed by atoms with van der Waals surface area (Å²) in [5, 5.41) is 0. The molecule has 0 amide bonds. The number of rotatable bonds is 7. The van der Waals surface area contributed by atoms with E-state index in [9.17, 15) is 0 Å². The maximum absolute atomic E-state index is 2.40. The Labute approximate surface area is 141 Å². The summed E-state index contributed by atoms with van der Waals surface area (Å²) in [7, 11) is 0. The van der Waals surface area contributed by atoms with Crippen molar-refractivity contribution in [2.24, 2.45) is 17.8 Å². The Morgan fingerprint density at radius 2 is 1.32 bits per heavy atom. The number of hydrogen-bond donors (Lipinski definition) is 0. The molecule has 0 aliphatic heterocycles. The van der Waals surface area contributed by atoms with E-state index in [0.717, 1.165) is 17.8 Å². The Kier molecular flexibility index (Phi) is 12.2. The monoisotopic (exact) mass is 308 g/mol. The van der Waals surface area contributed by atoms with Crippen LogP contribution in [-0.4, -0.2) is 0 Å². The highest BCUT2D eigenvalue weighted by molar-refractivity contribution is 4.73. The highest BCUT2D eigenvalue weighted by Gasteiger charge is 2.21. The van der Waals surface area contributed by atoms with Crippen molar-refractivity contribution in [2.75, 3.05) is 0 Å². The van der Waals surface area contributed by atoms with Crippen LogP contribution >= 0.6 is 0 Å². The predicted octanol–water partition coefficient (Wildman–Crippen LogP) is 8.15. The van der Waals surface area contributed by atoms with E-state index in [1.165, 1.54) is 103 Å². The highest BCUT2D eigenvalue weighted by Crippen LogP contribution is 2.34. The molecule has 0 spiro atoms. The van der Waals surface area contributed by atoms with Gasteiger partial charge in [0.05, 0.1) is 0 Å². The predicted molar refractivity (Wildman–Crippen MR) is 101 cm³/mol. The zero-order chi connectivity index (χ0) is 16.0. The van der Waals surface area contributed by atoms with E-state index < -0.39 is 0 Å². The Bertz CT molecular complexity index is 220. The van der Waals surface area contributed by atoms with E-state index >= 15 is 0 Å². The first-order valence-electron chi connectivity index (χ1n) is 10.8. The summed E-state index contributed by atoms with van der Waals surface area (Å²) in [4.78, 5) is 0. The maximum Gasteiger partial charge on any atom is -0.0386 e. The van der Waals surface area contributed by atoms with Crippen LogP contribution in [0, 0.1) is 17.8 Å². The summed E-state index contributed by atoms with van der Waals surface area (Å²) < 4.78 is 0.